The van der Waals surface area contributed by atoms with Crippen LogP contribution in [0.1, 0.15) is 29.6 Å². The van der Waals surface area contributed by atoms with Gasteiger partial charge in [-0.3, -0.25) is 9.59 Å². The molecule has 5 heteroatoms. The molecule has 0 bridgehead atoms. The van der Waals surface area contributed by atoms with E-state index in [-0.39, 0.29) is 17.9 Å². The zero-order valence-electron chi connectivity index (χ0n) is 10.9. The van der Waals surface area contributed by atoms with Crippen molar-refractivity contribution in [3.63, 3.8) is 0 Å². The van der Waals surface area contributed by atoms with Crippen molar-refractivity contribution in [1.82, 2.24) is 10.3 Å². The molecular formula is C15H16N2O3. The molecule has 0 saturated heterocycles. The summed E-state index contributed by atoms with van der Waals surface area (Å²) in [7, 11) is 0. The normalized spacial score (nSPS) is 22.0. The second-order valence-electron chi connectivity index (χ2n) is 5.30. The molecule has 104 valence electrons. The van der Waals surface area contributed by atoms with Gasteiger partial charge < -0.3 is 15.4 Å². The summed E-state index contributed by atoms with van der Waals surface area (Å²) in [6.45, 7) is 0. The lowest BCUT2D eigenvalue weighted by Gasteiger charge is -2.12. The largest absolute Gasteiger partial charge is 0.481 e. The summed E-state index contributed by atoms with van der Waals surface area (Å²) in [5.41, 5.74) is 1.60. The Morgan fingerprint density at radius 1 is 1.25 bits per heavy atom. The maximum atomic E-state index is 12.2. The number of hydrogen-bond donors (Lipinski definition) is 3. The molecule has 2 atom stereocenters. The fraction of sp³-hybridized carbons (Fsp3) is 0.333. The second kappa shape index (κ2) is 5.00. The van der Waals surface area contributed by atoms with Crippen molar-refractivity contribution in [2.24, 2.45) is 5.92 Å². The topological polar surface area (TPSA) is 82.2 Å². The number of hydrogen-bond acceptors (Lipinski definition) is 2. The Hall–Kier alpha value is -2.30. The summed E-state index contributed by atoms with van der Waals surface area (Å²) >= 11 is 0. The van der Waals surface area contributed by atoms with Crippen LogP contribution in [0, 0.1) is 5.92 Å². The quantitative estimate of drug-likeness (QED) is 0.800. The van der Waals surface area contributed by atoms with Gasteiger partial charge in [-0.2, -0.15) is 0 Å². The average molecular weight is 272 g/mol. The number of H-pyrrole nitrogens is 1. The summed E-state index contributed by atoms with van der Waals surface area (Å²) < 4.78 is 0. The Labute approximate surface area is 116 Å². The van der Waals surface area contributed by atoms with E-state index in [0.29, 0.717) is 18.4 Å². The van der Waals surface area contributed by atoms with Crippen LogP contribution in [0.15, 0.2) is 30.5 Å². The summed E-state index contributed by atoms with van der Waals surface area (Å²) in [6.07, 6.45) is 3.72. The Balaban J connectivity index is 1.68. The molecule has 1 amide bonds. The predicted molar refractivity (Wildman–Crippen MR) is 74.5 cm³/mol. The van der Waals surface area contributed by atoms with Crippen LogP contribution < -0.4 is 5.32 Å². The van der Waals surface area contributed by atoms with Gasteiger partial charge in [-0.25, -0.2) is 0 Å². The van der Waals surface area contributed by atoms with Crippen molar-refractivity contribution in [1.29, 1.82) is 0 Å². The van der Waals surface area contributed by atoms with Crippen molar-refractivity contribution in [2.75, 3.05) is 0 Å². The standard InChI is InChI=1S/C15H16N2O3/c18-14(17-12-3-1-11(8-12)15(19)20)10-2-4-13-9(7-10)5-6-16-13/h2,4-7,11-12,16H,1,3,8H2,(H,17,18)(H,19,20)/t11-,12+/m1/s1. The van der Waals surface area contributed by atoms with Gasteiger partial charge in [0.05, 0.1) is 5.92 Å². The smallest absolute Gasteiger partial charge is 0.306 e. The highest BCUT2D eigenvalue weighted by Crippen LogP contribution is 2.26. The van der Waals surface area contributed by atoms with E-state index in [4.69, 9.17) is 5.11 Å². The predicted octanol–water partition coefficient (Wildman–Crippen LogP) is 2.15. The number of carbonyl (C=O) groups is 2. The maximum absolute atomic E-state index is 12.2. The molecule has 2 aromatic rings. The Bertz CT molecular complexity index is 662. The van der Waals surface area contributed by atoms with Gasteiger partial charge in [0, 0.05) is 28.7 Å². The molecule has 1 aliphatic rings. The van der Waals surface area contributed by atoms with E-state index in [1.165, 1.54) is 0 Å². The van der Waals surface area contributed by atoms with E-state index >= 15 is 0 Å². The zero-order valence-corrected chi connectivity index (χ0v) is 10.9. The summed E-state index contributed by atoms with van der Waals surface area (Å²) in [5.74, 6) is -1.23. The number of fused-ring (bicyclic) bond motifs is 1. The van der Waals surface area contributed by atoms with E-state index in [1.54, 1.807) is 6.07 Å². The summed E-state index contributed by atoms with van der Waals surface area (Å²) in [5, 5.41) is 12.9. The molecule has 1 aliphatic carbocycles. The fourth-order valence-electron chi connectivity index (χ4n) is 2.80. The molecule has 20 heavy (non-hydrogen) atoms. The number of rotatable bonds is 3. The van der Waals surface area contributed by atoms with Gasteiger partial charge in [-0.1, -0.05) is 0 Å². The van der Waals surface area contributed by atoms with Crippen LogP contribution in [0.4, 0.5) is 0 Å². The number of carboxylic acid groups (broad SMARTS) is 1. The minimum atomic E-state index is -0.768. The van der Waals surface area contributed by atoms with E-state index < -0.39 is 5.97 Å². The van der Waals surface area contributed by atoms with E-state index in [2.05, 4.69) is 10.3 Å². The lowest BCUT2D eigenvalue weighted by Crippen LogP contribution is -2.33. The van der Waals surface area contributed by atoms with Crippen LogP contribution in [-0.4, -0.2) is 28.0 Å². The molecule has 1 aromatic carbocycles. The molecule has 1 heterocycles. The van der Waals surface area contributed by atoms with Gasteiger partial charge >= 0.3 is 5.97 Å². The number of nitrogens with one attached hydrogen (secondary N) is 2. The fourth-order valence-corrected chi connectivity index (χ4v) is 2.80. The van der Waals surface area contributed by atoms with Gasteiger partial charge in [0.25, 0.3) is 5.91 Å². The van der Waals surface area contributed by atoms with E-state index in [1.807, 2.05) is 24.4 Å². The second-order valence-corrected chi connectivity index (χ2v) is 5.30. The number of aliphatic carboxylic acids is 1. The molecule has 0 unspecified atom stereocenters. The van der Waals surface area contributed by atoms with Gasteiger partial charge in [-0.15, -0.1) is 0 Å². The summed E-state index contributed by atoms with van der Waals surface area (Å²) in [4.78, 5) is 26.2. The van der Waals surface area contributed by atoms with Crippen molar-refractivity contribution < 1.29 is 14.7 Å². The minimum Gasteiger partial charge on any atom is -0.481 e. The first-order valence-corrected chi connectivity index (χ1v) is 6.74. The zero-order chi connectivity index (χ0) is 14.1. The Kier molecular flexibility index (Phi) is 3.18. The lowest BCUT2D eigenvalue weighted by atomic mass is 10.1. The van der Waals surface area contributed by atoms with Crippen molar-refractivity contribution in [3.05, 3.63) is 36.0 Å². The maximum Gasteiger partial charge on any atom is 0.306 e. The van der Waals surface area contributed by atoms with E-state index in [0.717, 1.165) is 17.3 Å². The van der Waals surface area contributed by atoms with Crippen LogP contribution in [-0.2, 0) is 4.79 Å². The van der Waals surface area contributed by atoms with Gasteiger partial charge in [-0.05, 0) is 43.5 Å². The third kappa shape index (κ3) is 2.39. The first kappa shape index (κ1) is 12.7. The number of carboxylic acids is 1. The molecule has 3 N–H and O–H groups in total. The molecule has 0 aliphatic heterocycles. The number of aromatic amines is 1. The van der Waals surface area contributed by atoms with Crippen LogP contribution in [0.5, 0.6) is 0 Å². The SMILES string of the molecule is O=C(N[C@H]1CC[C@@H](C(=O)O)C1)c1ccc2[nH]ccc2c1. The molecule has 5 nitrogen and oxygen atoms in total. The summed E-state index contributed by atoms with van der Waals surface area (Å²) in [6, 6.07) is 7.37. The number of amides is 1. The Morgan fingerprint density at radius 2 is 2.10 bits per heavy atom. The first-order valence-electron chi connectivity index (χ1n) is 6.74. The molecule has 1 aromatic heterocycles. The minimum absolute atomic E-state index is 0.0366. The van der Waals surface area contributed by atoms with Crippen molar-refractivity contribution >= 4 is 22.8 Å². The Morgan fingerprint density at radius 3 is 2.85 bits per heavy atom. The molecular weight excluding hydrogens is 256 g/mol. The average Bonchev–Trinajstić information content (AvgIpc) is 3.05. The van der Waals surface area contributed by atoms with Crippen molar-refractivity contribution in [2.45, 2.75) is 25.3 Å². The molecule has 1 fully saturated rings. The third-order valence-corrected chi connectivity index (χ3v) is 3.93. The number of carbonyl (C=O) groups excluding carboxylic acids is 1. The first-order chi connectivity index (χ1) is 9.63. The molecule has 3 rings (SSSR count). The highest BCUT2D eigenvalue weighted by atomic mass is 16.4. The van der Waals surface area contributed by atoms with E-state index in [9.17, 15) is 9.59 Å². The monoisotopic (exact) mass is 272 g/mol. The van der Waals surface area contributed by atoms with Crippen molar-refractivity contribution in [3.8, 4) is 0 Å². The lowest BCUT2D eigenvalue weighted by molar-refractivity contribution is -0.141. The van der Waals surface area contributed by atoms with Gasteiger partial charge in [0.15, 0.2) is 0 Å². The number of benzene rings is 1. The van der Waals surface area contributed by atoms with Crippen LogP contribution >= 0.6 is 0 Å². The van der Waals surface area contributed by atoms with Crippen LogP contribution in [0.25, 0.3) is 10.9 Å². The van der Waals surface area contributed by atoms with Crippen LogP contribution in [0.2, 0.25) is 0 Å². The van der Waals surface area contributed by atoms with Crippen LogP contribution in [0.3, 0.4) is 0 Å². The molecule has 0 radical (unpaired) electrons. The third-order valence-electron chi connectivity index (χ3n) is 3.93. The molecule has 0 spiro atoms. The number of aromatic nitrogens is 1. The molecule has 1 saturated carbocycles. The van der Waals surface area contributed by atoms with Gasteiger partial charge in [0.1, 0.15) is 0 Å². The highest BCUT2D eigenvalue weighted by Gasteiger charge is 2.30. The van der Waals surface area contributed by atoms with Gasteiger partial charge in [0.2, 0.25) is 0 Å². The highest BCUT2D eigenvalue weighted by molar-refractivity contribution is 5.98.